The molecule has 114 valence electrons. The maximum absolute atomic E-state index is 11.5. The summed E-state index contributed by atoms with van der Waals surface area (Å²) in [6, 6.07) is -0.404. The van der Waals surface area contributed by atoms with Gasteiger partial charge in [0, 0.05) is 32.7 Å². The van der Waals surface area contributed by atoms with Gasteiger partial charge in [-0.25, -0.2) is 4.79 Å². The van der Waals surface area contributed by atoms with E-state index in [-0.39, 0.29) is 37.3 Å². The molecule has 0 saturated carbocycles. The van der Waals surface area contributed by atoms with E-state index in [1.807, 2.05) is 18.7 Å². The highest BCUT2D eigenvalue weighted by atomic mass is 35.5. The van der Waals surface area contributed by atoms with Gasteiger partial charge in [0.25, 0.3) is 0 Å². The summed E-state index contributed by atoms with van der Waals surface area (Å²) < 4.78 is 0. The molecule has 0 aromatic rings. The van der Waals surface area contributed by atoms with Gasteiger partial charge in [-0.3, -0.25) is 15.0 Å². The Morgan fingerprint density at radius 3 is 2.32 bits per heavy atom. The molecule has 3 N–H and O–H groups in total. The number of imide groups is 1. The molecule has 0 aromatic carbocycles. The van der Waals surface area contributed by atoms with E-state index in [0.29, 0.717) is 12.5 Å². The molecule has 1 heterocycles. The standard InChI is InChI=1S/C11H22N4O2.2ClH/c1-9(2)7-13-11(17)14-10(16)8-15-5-3-12-4-6-15;;/h9,12H,3-8H2,1-2H3,(H2,13,14,16,17);2*1H. The van der Waals surface area contributed by atoms with Gasteiger partial charge in [0.1, 0.15) is 0 Å². The Morgan fingerprint density at radius 1 is 1.21 bits per heavy atom. The first-order valence-electron chi connectivity index (χ1n) is 6.08. The summed E-state index contributed by atoms with van der Waals surface area (Å²) in [5.41, 5.74) is 0. The molecule has 1 saturated heterocycles. The number of hydrogen-bond acceptors (Lipinski definition) is 4. The third-order valence-corrected chi connectivity index (χ3v) is 2.50. The Balaban J connectivity index is 0. The second kappa shape index (κ2) is 11.3. The summed E-state index contributed by atoms with van der Waals surface area (Å²) in [4.78, 5) is 24.9. The monoisotopic (exact) mass is 314 g/mol. The minimum absolute atomic E-state index is 0. The largest absolute Gasteiger partial charge is 0.338 e. The number of hydrogen-bond donors (Lipinski definition) is 3. The number of halogens is 2. The first-order valence-corrected chi connectivity index (χ1v) is 6.08. The quantitative estimate of drug-likeness (QED) is 0.694. The Bertz CT molecular complexity index is 271. The first-order chi connectivity index (χ1) is 8.08. The Morgan fingerprint density at radius 2 is 1.79 bits per heavy atom. The van der Waals surface area contributed by atoms with Gasteiger partial charge < -0.3 is 10.6 Å². The molecule has 19 heavy (non-hydrogen) atoms. The predicted octanol–water partition coefficient (Wildman–Crippen LogP) is 0.217. The molecule has 1 rings (SSSR count). The highest BCUT2D eigenvalue weighted by Crippen LogP contribution is 1.91. The van der Waals surface area contributed by atoms with Crippen LogP contribution in [0.1, 0.15) is 13.8 Å². The molecule has 1 aliphatic heterocycles. The highest BCUT2D eigenvalue weighted by Gasteiger charge is 2.15. The molecule has 0 unspecified atom stereocenters. The van der Waals surface area contributed by atoms with Crippen molar-refractivity contribution in [2.45, 2.75) is 13.8 Å². The molecule has 0 radical (unpaired) electrons. The second-order valence-corrected chi connectivity index (χ2v) is 4.68. The van der Waals surface area contributed by atoms with Crippen LogP contribution in [0.25, 0.3) is 0 Å². The van der Waals surface area contributed by atoms with E-state index in [1.54, 1.807) is 0 Å². The zero-order chi connectivity index (χ0) is 12.7. The van der Waals surface area contributed by atoms with Gasteiger partial charge >= 0.3 is 6.03 Å². The van der Waals surface area contributed by atoms with Crippen molar-refractivity contribution in [2.75, 3.05) is 39.3 Å². The van der Waals surface area contributed by atoms with E-state index >= 15 is 0 Å². The average Bonchev–Trinajstić information content (AvgIpc) is 2.27. The molecule has 1 fully saturated rings. The van der Waals surface area contributed by atoms with E-state index in [9.17, 15) is 9.59 Å². The summed E-state index contributed by atoms with van der Waals surface area (Å²) >= 11 is 0. The predicted molar refractivity (Wildman–Crippen MR) is 80.2 cm³/mol. The van der Waals surface area contributed by atoms with Crippen molar-refractivity contribution in [1.29, 1.82) is 0 Å². The van der Waals surface area contributed by atoms with Gasteiger partial charge in [0.15, 0.2) is 0 Å². The number of nitrogens with one attached hydrogen (secondary N) is 3. The van der Waals surface area contributed by atoms with Crippen LogP contribution < -0.4 is 16.0 Å². The highest BCUT2D eigenvalue weighted by molar-refractivity contribution is 5.95. The van der Waals surface area contributed by atoms with Crippen LogP contribution in [0.5, 0.6) is 0 Å². The van der Waals surface area contributed by atoms with Crippen molar-refractivity contribution in [3.05, 3.63) is 0 Å². The summed E-state index contributed by atoms with van der Waals surface area (Å²) in [6.45, 7) is 8.36. The van der Waals surface area contributed by atoms with Crippen LogP contribution in [0.4, 0.5) is 4.79 Å². The Hall–Kier alpha value is -0.560. The lowest BCUT2D eigenvalue weighted by Crippen LogP contribution is -2.50. The average molecular weight is 315 g/mol. The van der Waals surface area contributed by atoms with Crippen LogP contribution in [-0.4, -0.2) is 56.1 Å². The van der Waals surface area contributed by atoms with Crippen molar-refractivity contribution in [2.24, 2.45) is 5.92 Å². The first kappa shape index (κ1) is 20.8. The van der Waals surface area contributed by atoms with Crippen molar-refractivity contribution in [1.82, 2.24) is 20.9 Å². The molecular weight excluding hydrogens is 291 g/mol. The fourth-order valence-corrected chi connectivity index (χ4v) is 1.58. The van der Waals surface area contributed by atoms with Crippen molar-refractivity contribution in [3.8, 4) is 0 Å². The smallest absolute Gasteiger partial charge is 0.321 e. The number of carbonyl (C=O) groups is 2. The van der Waals surface area contributed by atoms with Crippen LogP contribution in [0.3, 0.4) is 0 Å². The molecule has 1 aliphatic rings. The van der Waals surface area contributed by atoms with Crippen LogP contribution in [-0.2, 0) is 4.79 Å². The summed E-state index contributed by atoms with van der Waals surface area (Å²) in [6.07, 6.45) is 0. The van der Waals surface area contributed by atoms with E-state index in [1.165, 1.54) is 0 Å². The zero-order valence-corrected chi connectivity index (χ0v) is 13.0. The van der Waals surface area contributed by atoms with Crippen LogP contribution >= 0.6 is 24.8 Å². The Labute approximate surface area is 126 Å². The van der Waals surface area contributed by atoms with Crippen LogP contribution in [0.15, 0.2) is 0 Å². The van der Waals surface area contributed by atoms with Gasteiger partial charge in [-0.2, -0.15) is 0 Å². The third kappa shape index (κ3) is 9.95. The number of rotatable bonds is 4. The number of nitrogens with zero attached hydrogens (tertiary/aromatic N) is 1. The maximum Gasteiger partial charge on any atom is 0.321 e. The molecule has 6 nitrogen and oxygen atoms in total. The number of carbonyl (C=O) groups excluding carboxylic acids is 2. The summed E-state index contributed by atoms with van der Waals surface area (Å²) in [7, 11) is 0. The van der Waals surface area contributed by atoms with Gasteiger partial charge in [-0.05, 0) is 5.92 Å². The zero-order valence-electron chi connectivity index (χ0n) is 11.4. The van der Waals surface area contributed by atoms with E-state index < -0.39 is 6.03 Å². The van der Waals surface area contributed by atoms with E-state index in [2.05, 4.69) is 16.0 Å². The fourth-order valence-electron chi connectivity index (χ4n) is 1.58. The van der Waals surface area contributed by atoms with Gasteiger partial charge in [0.05, 0.1) is 6.54 Å². The van der Waals surface area contributed by atoms with Crippen LogP contribution in [0, 0.1) is 5.92 Å². The number of piperazine rings is 1. The molecule has 0 bridgehead atoms. The van der Waals surface area contributed by atoms with E-state index in [0.717, 1.165) is 26.2 Å². The number of amides is 3. The Kier molecular flexibility index (Phi) is 12.3. The van der Waals surface area contributed by atoms with Crippen molar-refractivity contribution in [3.63, 3.8) is 0 Å². The molecule has 3 amide bonds. The molecular formula is C11H24Cl2N4O2. The molecule has 0 aromatic heterocycles. The van der Waals surface area contributed by atoms with Gasteiger partial charge in [-0.1, -0.05) is 13.8 Å². The third-order valence-electron chi connectivity index (χ3n) is 2.50. The minimum Gasteiger partial charge on any atom is -0.338 e. The molecule has 8 heteroatoms. The topological polar surface area (TPSA) is 73.5 Å². The van der Waals surface area contributed by atoms with Crippen molar-refractivity contribution < 1.29 is 9.59 Å². The molecule has 0 aliphatic carbocycles. The lowest BCUT2D eigenvalue weighted by Gasteiger charge is -2.26. The van der Waals surface area contributed by atoms with Gasteiger partial charge in [-0.15, -0.1) is 24.8 Å². The van der Waals surface area contributed by atoms with Gasteiger partial charge in [0.2, 0.25) is 5.91 Å². The summed E-state index contributed by atoms with van der Waals surface area (Å²) in [5, 5.41) is 8.19. The number of urea groups is 1. The summed E-state index contributed by atoms with van der Waals surface area (Å²) in [5.74, 6) is 0.136. The van der Waals surface area contributed by atoms with Crippen molar-refractivity contribution >= 4 is 36.8 Å². The fraction of sp³-hybridized carbons (Fsp3) is 0.818. The lowest BCUT2D eigenvalue weighted by molar-refractivity contribution is -0.121. The van der Waals surface area contributed by atoms with E-state index in [4.69, 9.17) is 0 Å². The lowest BCUT2D eigenvalue weighted by atomic mass is 10.2. The van der Waals surface area contributed by atoms with Crippen LogP contribution in [0.2, 0.25) is 0 Å². The molecule has 0 spiro atoms. The second-order valence-electron chi connectivity index (χ2n) is 4.68. The minimum atomic E-state index is -0.404. The molecule has 0 atom stereocenters. The normalized spacial score (nSPS) is 15.1. The SMILES string of the molecule is CC(C)CNC(=O)NC(=O)CN1CCNCC1.Cl.Cl. The maximum atomic E-state index is 11.5.